The van der Waals surface area contributed by atoms with Crippen molar-refractivity contribution in [3.63, 3.8) is 0 Å². The fourth-order valence-electron chi connectivity index (χ4n) is 1.31. The van der Waals surface area contributed by atoms with Crippen LogP contribution in [0, 0.1) is 15.0 Å². The van der Waals surface area contributed by atoms with Crippen LogP contribution in [0.2, 0.25) is 0 Å². The molecule has 0 radical (unpaired) electrons. The molecule has 1 N–H and O–H groups in total. The normalized spacial score (nSPS) is 11.8. The quantitative estimate of drug-likeness (QED) is 0.461. The molecule has 1 aromatic rings. The second kappa shape index (κ2) is 5.69. The van der Waals surface area contributed by atoms with E-state index in [4.69, 9.17) is 5.11 Å². The Morgan fingerprint density at radius 1 is 1.41 bits per heavy atom. The van der Waals surface area contributed by atoms with Crippen molar-refractivity contribution < 1.29 is 14.8 Å². The van der Waals surface area contributed by atoms with Crippen molar-refractivity contribution in [2.24, 2.45) is 5.18 Å². The standard InChI is InChI=1S/C10H10N2O5/c13-10(14)9(11-15)6-3-7-1-4-8(5-2-7)12(16)17/h1-2,4-5,9H,3,6H2,(H,13,14). The van der Waals surface area contributed by atoms with E-state index in [1.807, 2.05) is 0 Å². The molecular formula is C10H10N2O5. The molecular weight excluding hydrogens is 228 g/mol. The molecule has 0 saturated heterocycles. The van der Waals surface area contributed by atoms with Gasteiger partial charge >= 0.3 is 5.97 Å². The SMILES string of the molecule is O=NC(CCc1ccc([N+](=O)[O-])cc1)C(=O)O. The Hall–Kier alpha value is -2.31. The second-order valence-electron chi connectivity index (χ2n) is 3.42. The summed E-state index contributed by atoms with van der Waals surface area (Å²) >= 11 is 0. The molecule has 0 aliphatic heterocycles. The van der Waals surface area contributed by atoms with E-state index in [1.54, 1.807) is 0 Å². The summed E-state index contributed by atoms with van der Waals surface area (Å²) in [7, 11) is 0. The number of nitroso groups, excluding NO2 is 1. The lowest BCUT2D eigenvalue weighted by atomic mass is 10.1. The summed E-state index contributed by atoms with van der Waals surface area (Å²) in [5, 5.41) is 21.5. The molecule has 0 fully saturated rings. The average Bonchev–Trinajstić information content (AvgIpc) is 2.30. The molecule has 0 amide bonds. The molecule has 1 atom stereocenters. The Bertz CT molecular complexity index is 429. The molecule has 7 heteroatoms. The van der Waals surface area contributed by atoms with E-state index >= 15 is 0 Å². The minimum absolute atomic E-state index is 0.0305. The summed E-state index contributed by atoms with van der Waals surface area (Å²) in [6.45, 7) is 0. The highest BCUT2D eigenvalue weighted by Gasteiger charge is 2.17. The lowest BCUT2D eigenvalue weighted by Crippen LogP contribution is -2.17. The van der Waals surface area contributed by atoms with E-state index < -0.39 is 16.9 Å². The number of hydrogen-bond donors (Lipinski definition) is 1. The predicted molar refractivity (Wildman–Crippen MR) is 58.6 cm³/mol. The number of carboxylic acids is 1. The van der Waals surface area contributed by atoms with Crippen molar-refractivity contribution in [3.05, 3.63) is 44.9 Å². The Kier molecular flexibility index (Phi) is 4.27. The van der Waals surface area contributed by atoms with Crippen molar-refractivity contribution in [3.8, 4) is 0 Å². The van der Waals surface area contributed by atoms with Gasteiger partial charge in [0, 0.05) is 12.1 Å². The highest BCUT2D eigenvalue weighted by molar-refractivity contribution is 5.73. The van der Waals surface area contributed by atoms with Crippen LogP contribution in [-0.2, 0) is 11.2 Å². The smallest absolute Gasteiger partial charge is 0.332 e. The first-order chi connectivity index (χ1) is 8.04. The molecule has 0 aromatic heterocycles. The van der Waals surface area contributed by atoms with Crippen LogP contribution in [0.4, 0.5) is 5.69 Å². The number of non-ortho nitro benzene ring substituents is 1. The van der Waals surface area contributed by atoms with Gasteiger partial charge in [-0.3, -0.25) is 10.1 Å². The number of hydrogen-bond acceptors (Lipinski definition) is 5. The third-order valence-electron chi connectivity index (χ3n) is 2.27. The van der Waals surface area contributed by atoms with Crippen molar-refractivity contribution in [2.75, 3.05) is 0 Å². The van der Waals surface area contributed by atoms with Crippen molar-refractivity contribution in [1.82, 2.24) is 0 Å². The van der Waals surface area contributed by atoms with Gasteiger partial charge in [0.05, 0.1) is 4.92 Å². The van der Waals surface area contributed by atoms with Gasteiger partial charge in [-0.15, -0.1) is 4.91 Å². The van der Waals surface area contributed by atoms with Gasteiger partial charge in [-0.25, -0.2) is 4.79 Å². The van der Waals surface area contributed by atoms with Crippen molar-refractivity contribution in [1.29, 1.82) is 0 Å². The first-order valence-corrected chi connectivity index (χ1v) is 4.83. The Morgan fingerprint density at radius 3 is 2.41 bits per heavy atom. The highest BCUT2D eigenvalue weighted by atomic mass is 16.6. The lowest BCUT2D eigenvalue weighted by Gasteiger charge is -2.03. The topological polar surface area (TPSA) is 110 Å². The molecule has 1 rings (SSSR count). The van der Waals surface area contributed by atoms with Crippen LogP contribution in [0.15, 0.2) is 29.4 Å². The van der Waals surface area contributed by atoms with Gasteiger partial charge in [0.1, 0.15) is 0 Å². The van der Waals surface area contributed by atoms with Crippen molar-refractivity contribution in [2.45, 2.75) is 18.9 Å². The average molecular weight is 238 g/mol. The maximum Gasteiger partial charge on any atom is 0.332 e. The number of aryl methyl sites for hydroxylation is 1. The lowest BCUT2D eigenvalue weighted by molar-refractivity contribution is -0.384. The molecule has 0 bridgehead atoms. The highest BCUT2D eigenvalue weighted by Crippen LogP contribution is 2.14. The maximum atomic E-state index is 10.5. The van der Waals surface area contributed by atoms with E-state index in [0.717, 1.165) is 5.56 Å². The van der Waals surface area contributed by atoms with Gasteiger partial charge in [-0.1, -0.05) is 17.3 Å². The first-order valence-electron chi connectivity index (χ1n) is 4.83. The largest absolute Gasteiger partial charge is 0.480 e. The summed E-state index contributed by atoms with van der Waals surface area (Å²) in [4.78, 5) is 30.6. The number of rotatable bonds is 6. The van der Waals surface area contributed by atoms with Gasteiger partial charge in [0.25, 0.3) is 5.69 Å². The van der Waals surface area contributed by atoms with Crippen LogP contribution in [-0.4, -0.2) is 22.0 Å². The van der Waals surface area contributed by atoms with Gasteiger partial charge in [0.2, 0.25) is 0 Å². The second-order valence-corrected chi connectivity index (χ2v) is 3.42. The summed E-state index contributed by atoms with van der Waals surface area (Å²) in [6.07, 6.45) is 0.414. The van der Waals surface area contributed by atoms with Crippen molar-refractivity contribution >= 4 is 11.7 Å². The van der Waals surface area contributed by atoms with Crippen LogP contribution in [0.1, 0.15) is 12.0 Å². The van der Waals surface area contributed by atoms with Gasteiger partial charge in [-0.05, 0) is 18.4 Å². The first kappa shape index (κ1) is 12.8. The number of nitro groups is 1. The van der Waals surface area contributed by atoms with E-state index in [0.29, 0.717) is 6.42 Å². The number of nitro benzene ring substituents is 1. The predicted octanol–water partition coefficient (Wildman–Crippen LogP) is 1.75. The number of nitrogens with zero attached hydrogens (tertiary/aromatic N) is 2. The Labute approximate surface area is 96.2 Å². The van der Waals surface area contributed by atoms with Crippen LogP contribution in [0.5, 0.6) is 0 Å². The monoisotopic (exact) mass is 238 g/mol. The fourth-order valence-corrected chi connectivity index (χ4v) is 1.31. The van der Waals surface area contributed by atoms with E-state index in [1.165, 1.54) is 24.3 Å². The molecule has 0 aliphatic carbocycles. The maximum absolute atomic E-state index is 10.5. The molecule has 7 nitrogen and oxygen atoms in total. The molecule has 0 spiro atoms. The molecule has 0 aliphatic rings. The van der Waals surface area contributed by atoms with Crippen LogP contribution in [0.25, 0.3) is 0 Å². The number of carbonyl (C=O) groups is 1. The Balaban J connectivity index is 2.60. The van der Waals surface area contributed by atoms with Gasteiger partial charge < -0.3 is 5.11 Å². The molecule has 1 unspecified atom stereocenters. The van der Waals surface area contributed by atoms with Gasteiger partial charge in [0.15, 0.2) is 6.04 Å². The fraction of sp³-hybridized carbons (Fsp3) is 0.300. The van der Waals surface area contributed by atoms with Crippen LogP contribution in [0.3, 0.4) is 0 Å². The van der Waals surface area contributed by atoms with E-state index in [9.17, 15) is 19.8 Å². The Morgan fingerprint density at radius 2 is 2.00 bits per heavy atom. The van der Waals surface area contributed by atoms with Gasteiger partial charge in [-0.2, -0.15) is 0 Å². The third kappa shape index (κ3) is 3.63. The summed E-state index contributed by atoms with van der Waals surface area (Å²) in [5.41, 5.74) is 0.697. The zero-order valence-electron chi connectivity index (χ0n) is 8.78. The molecule has 17 heavy (non-hydrogen) atoms. The molecule has 1 aromatic carbocycles. The third-order valence-corrected chi connectivity index (χ3v) is 2.27. The summed E-state index contributed by atoms with van der Waals surface area (Å²) in [6, 6.07) is 4.45. The molecule has 90 valence electrons. The zero-order chi connectivity index (χ0) is 12.8. The number of carboxylic acid groups (broad SMARTS) is 1. The molecule has 0 heterocycles. The van der Waals surface area contributed by atoms with Crippen LogP contribution < -0.4 is 0 Å². The minimum Gasteiger partial charge on any atom is -0.480 e. The summed E-state index contributed by atoms with van der Waals surface area (Å²) in [5.74, 6) is -1.26. The minimum atomic E-state index is -1.27. The summed E-state index contributed by atoms with van der Waals surface area (Å²) < 4.78 is 0. The number of aliphatic carboxylic acids is 1. The number of benzene rings is 1. The molecule has 0 saturated carbocycles. The van der Waals surface area contributed by atoms with E-state index in [2.05, 4.69) is 5.18 Å². The van der Waals surface area contributed by atoms with Crippen LogP contribution >= 0.6 is 0 Å². The van der Waals surface area contributed by atoms with E-state index in [-0.39, 0.29) is 12.1 Å². The zero-order valence-corrected chi connectivity index (χ0v) is 8.78.